The van der Waals surface area contributed by atoms with Gasteiger partial charge in [-0.3, -0.25) is 0 Å². The van der Waals surface area contributed by atoms with E-state index in [0.29, 0.717) is 15.9 Å². The molecule has 2 heterocycles. The predicted molar refractivity (Wildman–Crippen MR) is 88.0 cm³/mol. The van der Waals surface area contributed by atoms with Crippen molar-refractivity contribution >= 4 is 32.4 Å². The molecule has 23 heavy (non-hydrogen) atoms. The molecule has 2 aromatic heterocycles. The molecule has 0 spiro atoms. The maximum Gasteiger partial charge on any atom is 0.323 e. The molecular formula is C14H15N3O4S2. The van der Waals surface area contributed by atoms with Crippen LogP contribution in [0.2, 0.25) is 0 Å². The van der Waals surface area contributed by atoms with Gasteiger partial charge in [0.25, 0.3) is 0 Å². The highest BCUT2D eigenvalue weighted by molar-refractivity contribution is 7.89. The standard InChI is InChI=1S/C14H15N3O4S2/c1-17(8-12(18)13-3-2-6-22-13)23(20,21)9-4-5-10-11(7-9)16-14(19)15-10/h2-7,12,18H,8H2,1H3,(H2,15,16,19). The summed E-state index contributed by atoms with van der Waals surface area (Å²) >= 11 is 1.37. The van der Waals surface area contributed by atoms with E-state index < -0.39 is 21.8 Å². The van der Waals surface area contributed by atoms with E-state index in [-0.39, 0.29) is 11.4 Å². The molecule has 1 aromatic carbocycles. The van der Waals surface area contributed by atoms with E-state index in [4.69, 9.17) is 0 Å². The monoisotopic (exact) mass is 353 g/mol. The van der Waals surface area contributed by atoms with E-state index in [1.54, 1.807) is 12.1 Å². The number of hydrogen-bond acceptors (Lipinski definition) is 5. The number of aromatic amines is 2. The molecule has 9 heteroatoms. The number of hydrogen-bond donors (Lipinski definition) is 3. The van der Waals surface area contributed by atoms with Gasteiger partial charge in [-0.2, -0.15) is 4.31 Å². The van der Waals surface area contributed by atoms with Crippen molar-refractivity contribution in [3.63, 3.8) is 0 Å². The Labute approximate surface area is 136 Å². The molecule has 0 amide bonds. The molecule has 1 atom stereocenters. The number of nitrogens with zero attached hydrogens (tertiary/aromatic N) is 1. The topological polar surface area (TPSA) is 106 Å². The number of aliphatic hydroxyl groups excluding tert-OH is 1. The van der Waals surface area contributed by atoms with E-state index >= 15 is 0 Å². The minimum absolute atomic E-state index is 0.0511. The first kappa shape index (κ1) is 15.9. The molecular weight excluding hydrogens is 338 g/mol. The first-order valence-electron chi connectivity index (χ1n) is 6.78. The number of likely N-dealkylation sites (N-methyl/N-ethyl adjacent to an activating group) is 1. The molecule has 0 saturated heterocycles. The summed E-state index contributed by atoms with van der Waals surface area (Å²) in [4.78, 5) is 17.1. The molecule has 3 rings (SSSR count). The minimum Gasteiger partial charge on any atom is -0.386 e. The molecule has 3 aromatic rings. The molecule has 0 bridgehead atoms. The molecule has 0 radical (unpaired) electrons. The third kappa shape index (κ3) is 3.08. The minimum atomic E-state index is -3.77. The molecule has 0 aliphatic carbocycles. The van der Waals surface area contributed by atoms with E-state index in [1.807, 2.05) is 5.38 Å². The van der Waals surface area contributed by atoms with Gasteiger partial charge in [-0.25, -0.2) is 13.2 Å². The SMILES string of the molecule is CN(CC(O)c1cccs1)S(=O)(=O)c1ccc2[nH]c(=O)[nH]c2c1. The average molecular weight is 353 g/mol. The molecule has 0 fully saturated rings. The zero-order valence-corrected chi connectivity index (χ0v) is 13.8. The Morgan fingerprint density at radius 3 is 2.70 bits per heavy atom. The second-order valence-corrected chi connectivity index (χ2v) is 8.13. The number of thiophene rings is 1. The highest BCUT2D eigenvalue weighted by Crippen LogP contribution is 2.23. The Morgan fingerprint density at radius 1 is 1.26 bits per heavy atom. The molecule has 0 saturated carbocycles. The highest BCUT2D eigenvalue weighted by atomic mass is 32.2. The lowest BCUT2D eigenvalue weighted by molar-refractivity contribution is 0.158. The second-order valence-electron chi connectivity index (χ2n) is 5.10. The largest absolute Gasteiger partial charge is 0.386 e. The number of imidazole rings is 1. The van der Waals surface area contributed by atoms with Crippen molar-refractivity contribution in [2.45, 2.75) is 11.0 Å². The number of aliphatic hydroxyl groups is 1. The van der Waals surface area contributed by atoms with Gasteiger partial charge in [-0.1, -0.05) is 6.07 Å². The smallest absolute Gasteiger partial charge is 0.323 e. The van der Waals surface area contributed by atoms with Crippen LogP contribution >= 0.6 is 11.3 Å². The number of fused-ring (bicyclic) bond motifs is 1. The highest BCUT2D eigenvalue weighted by Gasteiger charge is 2.24. The number of rotatable bonds is 5. The Kier molecular flexibility index (Phi) is 4.11. The van der Waals surface area contributed by atoms with Crippen LogP contribution in [0.3, 0.4) is 0 Å². The van der Waals surface area contributed by atoms with Gasteiger partial charge in [0.05, 0.1) is 15.9 Å². The Hall–Kier alpha value is -1.94. The van der Waals surface area contributed by atoms with Gasteiger partial charge in [0.1, 0.15) is 6.10 Å². The van der Waals surface area contributed by atoms with E-state index in [0.717, 1.165) is 4.31 Å². The first-order chi connectivity index (χ1) is 10.9. The molecule has 0 aliphatic rings. The van der Waals surface area contributed by atoms with Gasteiger partial charge < -0.3 is 15.1 Å². The number of sulfonamides is 1. The summed E-state index contributed by atoms with van der Waals surface area (Å²) in [6.07, 6.45) is -0.884. The van der Waals surface area contributed by atoms with Gasteiger partial charge in [0.2, 0.25) is 10.0 Å². The summed E-state index contributed by atoms with van der Waals surface area (Å²) in [5, 5.41) is 11.9. The lowest BCUT2D eigenvalue weighted by atomic mass is 10.3. The van der Waals surface area contributed by atoms with Crippen molar-refractivity contribution in [1.82, 2.24) is 14.3 Å². The third-order valence-corrected chi connectivity index (χ3v) is 6.29. The Balaban J connectivity index is 1.87. The number of H-pyrrole nitrogens is 2. The van der Waals surface area contributed by atoms with Crippen LogP contribution in [0.15, 0.2) is 45.4 Å². The zero-order valence-electron chi connectivity index (χ0n) is 12.2. The van der Waals surface area contributed by atoms with Gasteiger partial charge in [-0.05, 0) is 29.6 Å². The van der Waals surface area contributed by atoms with Gasteiger partial charge in [0, 0.05) is 18.5 Å². The average Bonchev–Trinajstić information content (AvgIpc) is 3.14. The van der Waals surface area contributed by atoms with Crippen LogP contribution in [0.1, 0.15) is 11.0 Å². The zero-order chi connectivity index (χ0) is 16.6. The van der Waals surface area contributed by atoms with Gasteiger partial charge >= 0.3 is 5.69 Å². The molecule has 1 unspecified atom stereocenters. The second kappa shape index (κ2) is 5.93. The fourth-order valence-corrected chi connectivity index (χ4v) is 4.17. The number of aromatic nitrogens is 2. The summed E-state index contributed by atoms with van der Waals surface area (Å²) in [6.45, 7) is -0.0511. The summed E-state index contributed by atoms with van der Waals surface area (Å²) in [6, 6.07) is 7.91. The number of benzene rings is 1. The molecule has 0 aliphatic heterocycles. The van der Waals surface area contributed by atoms with Crippen LogP contribution < -0.4 is 5.69 Å². The molecule has 122 valence electrons. The van der Waals surface area contributed by atoms with E-state index in [9.17, 15) is 18.3 Å². The van der Waals surface area contributed by atoms with Crippen molar-refractivity contribution < 1.29 is 13.5 Å². The van der Waals surface area contributed by atoms with Crippen molar-refractivity contribution in [1.29, 1.82) is 0 Å². The molecule has 3 N–H and O–H groups in total. The maximum atomic E-state index is 12.6. The van der Waals surface area contributed by atoms with Gasteiger partial charge in [0.15, 0.2) is 0 Å². The Morgan fingerprint density at radius 2 is 2.00 bits per heavy atom. The predicted octanol–water partition coefficient (Wildman–Crippen LogP) is 1.27. The normalized spacial score (nSPS) is 13.7. The van der Waals surface area contributed by atoms with E-state index in [2.05, 4.69) is 9.97 Å². The fourth-order valence-electron chi connectivity index (χ4n) is 2.26. The van der Waals surface area contributed by atoms with Gasteiger partial charge in [-0.15, -0.1) is 11.3 Å². The van der Waals surface area contributed by atoms with Crippen molar-refractivity contribution in [2.75, 3.05) is 13.6 Å². The van der Waals surface area contributed by atoms with Crippen LogP contribution in [0, 0.1) is 0 Å². The summed E-state index contributed by atoms with van der Waals surface area (Å²) in [5.74, 6) is 0. The van der Waals surface area contributed by atoms with Crippen molar-refractivity contribution in [3.8, 4) is 0 Å². The number of nitrogens with one attached hydrogen (secondary N) is 2. The lowest BCUT2D eigenvalue weighted by Gasteiger charge is -2.20. The van der Waals surface area contributed by atoms with Crippen molar-refractivity contribution in [3.05, 3.63) is 51.1 Å². The first-order valence-corrected chi connectivity index (χ1v) is 9.10. The van der Waals surface area contributed by atoms with Crippen LogP contribution in [-0.2, 0) is 10.0 Å². The summed E-state index contributed by atoms with van der Waals surface area (Å²) in [7, 11) is -2.35. The van der Waals surface area contributed by atoms with Crippen LogP contribution in [0.4, 0.5) is 0 Å². The lowest BCUT2D eigenvalue weighted by Crippen LogP contribution is -2.31. The fraction of sp³-hybridized carbons (Fsp3) is 0.214. The maximum absolute atomic E-state index is 12.6. The summed E-state index contributed by atoms with van der Waals surface area (Å²) < 4.78 is 26.3. The van der Waals surface area contributed by atoms with Crippen molar-refractivity contribution in [2.24, 2.45) is 0 Å². The van der Waals surface area contributed by atoms with Crippen LogP contribution in [0.5, 0.6) is 0 Å². The Bertz CT molecular complexity index is 973. The molecule has 7 nitrogen and oxygen atoms in total. The third-order valence-electron chi connectivity index (χ3n) is 3.50. The van der Waals surface area contributed by atoms with Crippen LogP contribution in [-0.4, -0.2) is 41.4 Å². The quantitative estimate of drug-likeness (QED) is 0.642. The van der Waals surface area contributed by atoms with E-state index in [1.165, 1.54) is 36.6 Å². The summed E-state index contributed by atoms with van der Waals surface area (Å²) in [5.41, 5.74) is 0.564. The van der Waals surface area contributed by atoms with Crippen LogP contribution in [0.25, 0.3) is 11.0 Å².